The molecule has 0 unspecified atom stereocenters. The number of amides is 1. The Bertz CT molecular complexity index is 709. The zero-order valence-corrected chi connectivity index (χ0v) is 12.4. The van der Waals surface area contributed by atoms with Gasteiger partial charge in [-0.2, -0.15) is 0 Å². The Morgan fingerprint density at radius 3 is 2.86 bits per heavy atom. The molecule has 0 saturated carbocycles. The Morgan fingerprint density at radius 1 is 1.38 bits per heavy atom. The van der Waals surface area contributed by atoms with E-state index in [9.17, 15) is 14.7 Å². The minimum atomic E-state index is -1.03. The summed E-state index contributed by atoms with van der Waals surface area (Å²) in [6, 6.07) is 6.91. The second-order valence-corrected chi connectivity index (χ2v) is 6.03. The van der Waals surface area contributed by atoms with Crippen molar-refractivity contribution in [2.45, 2.75) is 13.0 Å². The van der Waals surface area contributed by atoms with Crippen LogP contribution in [0.5, 0.6) is 0 Å². The Balaban J connectivity index is 1.99. The van der Waals surface area contributed by atoms with Gasteiger partial charge in [0, 0.05) is 11.2 Å². The van der Waals surface area contributed by atoms with Crippen molar-refractivity contribution in [3.05, 3.63) is 34.7 Å². The standard InChI is InChI=1S/C15H15NO4S/c1-9-10-4-2-3-5-12(10)21-13(9)14(17)16-6-7-20-8-11(16)15(18)19/h2-5,11H,6-8H2,1H3,(H,18,19)/t11-/m1/s1. The topological polar surface area (TPSA) is 66.8 Å². The van der Waals surface area contributed by atoms with E-state index in [2.05, 4.69) is 0 Å². The summed E-state index contributed by atoms with van der Waals surface area (Å²) in [5.41, 5.74) is 0.913. The third-order valence-corrected chi connectivity index (χ3v) is 4.97. The number of hydrogen-bond donors (Lipinski definition) is 1. The van der Waals surface area contributed by atoms with Crippen LogP contribution in [-0.2, 0) is 9.53 Å². The summed E-state index contributed by atoms with van der Waals surface area (Å²) in [5, 5.41) is 10.3. The predicted octanol–water partition coefficient (Wildman–Crippen LogP) is 2.14. The van der Waals surface area contributed by atoms with Crippen molar-refractivity contribution in [1.82, 2.24) is 4.90 Å². The van der Waals surface area contributed by atoms with Gasteiger partial charge < -0.3 is 14.7 Å². The first-order valence-corrected chi connectivity index (χ1v) is 7.51. The van der Waals surface area contributed by atoms with Crippen LogP contribution in [0, 0.1) is 6.92 Å². The Kier molecular flexibility index (Phi) is 3.65. The second kappa shape index (κ2) is 5.46. The van der Waals surface area contributed by atoms with Crippen molar-refractivity contribution < 1.29 is 19.4 Å². The maximum Gasteiger partial charge on any atom is 0.328 e. The molecule has 1 aliphatic heterocycles. The number of carboxylic acid groups (broad SMARTS) is 1. The third-order valence-electron chi connectivity index (χ3n) is 3.71. The largest absolute Gasteiger partial charge is 0.480 e. The number of carbonyl (C=O) groups excluding carboxylic acids is 1. The van der Waals surface area contributed by atoms with E-state index >= 15 is 0 Å². The maximum atomic E-state index is 12.7. The Morgan fingerprint density at radius 2 is 2.14 bits per heavy atom. The highest BCUT2D eigenvalue weighted by Gasteiger charge is 2.34. The number of nitrogens with zero attached hydrogens (tertiary/aromatic N) is 1. The highest BCUT2D eigenvalue weighted by Crippen LogP contribution is 2.32. The molecule has 3 rings (SSSR count). The van der Waals surface area contributed by atoms with E-state index in [-0.39, 0.29) is 12.5 Å². The van der Waals surface area contributed by atoms with Crippen molar-refractivity contribution >= 4 is 33.3 Å². The zero-order chi connectivity index (χ0) is 15.0. The summed E-state index contributed by atoms with van der Waals surface area (Å²) < 4.78 is 6.22. The van der Waals surface area contributed by atoms with Gasteiger partial charge in [0.05, 0.1) is 18.1 Å². The average molecular weight is 305 g/mol. The van der Waals surface area contributed by atoms with E-state index < -0.39 is 12.0 Å². The van der Waals surface area contributed by atoms with Crippen LogP contribution in [0.1, 0.15) is 15.2 Å². The van der Waals surface area contributed by atoms with Crippen molar-refractivity contribution in [3.63, 3.8) is 0 Å². The molecule has 2 heterocycles. The van der Waals surface area contributed by atoms with Crippen molar-refractivity contribution in [2.75, 3.05) is 19.8 Å². The van der Waals surface area contributed by atoms with Crippen molar-refractivity contribution in [3.8, 4) is 0 Å². The van der Waals surface area contributed by atoms with E-state index in [1.807, 2.05) is 31.2 Å². The number of thiophene rings is 1. The summed E-state index contributed by atoms with van der Waals surface area (Å²) in [4.78, 5) is 26.0. The van der Waals surface area contributed by atoms with E-state index in [1.165, 1.54) is 16.2 Å². The maximum absolute atomic E-state index is 12.7. The van der Waals surface area contributed by atoms with Gasteiger partial charge in [0.25, 0.3) is 5.91 Å². The van der Waals surface area contributed by atoms with Gasteiger partial charge >= 0.3 is 5.97 Å². The van der Waals surface area contributed by atoms with E-state index in [0.717, 1.165) is 15.6 Å². The lowest BCUT2D eigenvalue weighted by Crippen LogP contribution is -2.52. The fourth-order valence-electron chi connectivity index (χ4n) is 2.56. The fourth-order valence-corrected chi connectivity index (χ4v) is 3.73. The lowest BCUT2D eigenvalue weighted by molar-refractivity contribution is -0.147. The van der Waals surface area contributed by atoms with Crippen LogP contribution in [0.4, 0.5) is 0 Å². The molecule has 110 valence electrons. The lowest BCUT2D eigenvalue weighted by Gasteiger charge is -2.32. The first-order chi connectivity index (χ1) is 10.1. The van der Waals surface area contributed by atoms with Crippen molar-refractivity contribution in [2.24, 2.45) is 0 Å². The molecular formula is C15H15NO4S. The molecule has 21 heavy (non-hydrogen) atoms. The molecule has 0 radical (unpaired) electrons. The SMILES string of the molecule is Cc1c(C(=O)N2CCOC[C@@H]2C(=O)O)sc2ccccc12. The number of carbonyl (C=O) groups is 2. The molecule has 6 heteroatoms. The molecule has 2 aromatic rings. The summed E-state index contributed by atoms with van der Waals surface area (Å²) in [6.07, 6.45) is 0. The van der Waals surface area contributed by atoms with Gasteiger partial charge in [-0.15, -0.1) is 11.3 Å². The molecule has 5 nitrogen and oxygen atoms in total. The zero-order valence-electron chi connectivity index (χ0n) is 11.5. The molecule has 1 aromatic carbocycles. The Hall–Kier alpha value is -1.92. The normalized spacial score (nSPS) is 18.9. The van der Waals surface area contributed by atoms with Gasteiger partial charge in [-0.05, 0) is 23.9 Å². The second-order valence-electron chi connectivity index (χ2n) is 4.98. The molecule has 0 spiro atoms. The first kappa shape index (κ1) is 14.0. The predicted molar refractivity (Wildman–Crippen MR) is 79.8 cm³/mol. The van der Waals surface area contributed by atoms with E-state index in [1.54, 1.807) is 0 Å². The molecule has 0 bridgehead atoms. The average Bonchev–Trinajstić information content (AvgIpc) is 2.84. The summed E-state index contributed by atoms with van der Waals surface area (Å²) >= 11 is 1.41. The lowest BCUT2D eigenvalue weighted by atomic mass is 10.1. The van der Waals surface area contributed by atoms with Crippen LogP contribution in [0.15, 0.2) is 24.3 Å². The molecule has 1 N–H and O–H groups in total. The summed E-state index contributed by atoms with van der Waals surface area (Å²) in [7, 11) is 0. The van der Waals surface area contributed by atoms with Gasteiger partial charge in [0.2, 0.25) is 0 Å². The molecule has 1 fully saturated rings. The number of carboxylic acids is 1. The molecule has 1 aromatic heterocycles. The van der Waals surface area contributed by atoms with Crippen LogP contribution in [-0.4, -0.2) is 47.7 Å². The summed E-state index contributed by atoms with van der Waals surface area (Å²) in [5.74, 6) is -1.24. The monoisotopic (exact) mass is 305 g/mol. The number of aryl methyl sites for hydroxylation is 1. The molecule has 1 saturated heterocycles. The molecule has 1 amide bonds. The number of ether oxygens (including phenoxy) is 1. The molecule has 1 atom stereocenters. The number of morpholine rings is 1. The smallest absolute Gasteiger partial charge is 0.328 e. The van der Waals surface area contributed by atoms with Crippen LogP contribution in [0.25, 0.3) is 10.1 Å². The highest BCUT2D eigenvalue weighted by atomic mass is 32.1. The minimum absolute atomic E-state index is 0.0466. The van der Waals surface area contributed by atoms with Gasteiger partial charge in [-0.3, -0.25) is 4.79 Å². The van der Waals surface area contributed by atoms with Crippen LogP contribution in [0.3, 0.4) is 0 Å². The van der Waals surface area contributed by atoms with Crippen LogP contribution < -0.4 is 0 Å². The first-order valence-electron chi connectivity index (χ1n) is 6.69. The number of fused-ring (bicyclic) bond motifs is 1. The number of benzene rings is 1. The Labute approximate surface area is 125 Å². The highest BCUT2D eigenvalue weighted by molar-refractivity contribution is 7.21. The van der Waals surface area contributed by atoms with Crippen LogP contribution in [0.2, 0.25) is 0 Å². The third kappa shape index (κ3) is 2.41. The number of aliphatic carboxylic acids is 1. The minimum Gasteiger partial charge on any atom is -0.480 e. The van der Waals surface area contributed by atoms with E-state index in [0.29, 0.717) is 18.0 Å². The molecular weight excluding hydrogens is 290 g/mol. The van der Waals surface area contributed by atoms with Gasteiger partial charge in [0.1, 0.15) is 0 Å². The molecule has 1 aliphatic rings. The molecule has 0 aliphatic carbocycles. The van der Waals surface area contributed by atoms with Gasteiger partial charge in [0.15, 0.2) is 6.04 Å². The fraction of sp³-hybridized carbons (Fsp3) is 0.333. The van der Waals surface area contributed by atoms with Gasteiger partial charge in [-0.1, -0.05) is 18.2 Å². The van der Waals surface area contributed by atoms with Gasteiger partial charge in [-0.25, -0.2) is 4.79 Å². The quantitative estimate of drug-likeness (QED) is 0.923. The summed E-state index contributed by atoms with van der Waals surface area (Å²) in [6.45, 7) is 2.64. The van der Waals surface area contributed by atoms with Crippen LogP contribution >= 0.6 is 11.3 Å². The van der Waals surface area contributed by atoms with Crippen molar-refractivity contribution in [1.29, 1.82) is 0 Å². The number of rotatable bonds is 2. The van der Waals surface area contributed by atoms with E-state index in [4.69, 9.17) is 4.74 Å². The number of hydrogen-bond acceptors (Lipinski definition) is 4.